The fraction of sp³-hybridized carbons (Fsp3) is 0.684. The fourth-order valence-electron chi connectivity index (χ4n) is 4.42. The van der Waals surface area contributed by atoms with Crippen LogP contribution >= 0.6 is 0 Å². The number of hydrogen-bond acceptors (Lipinski definition) is 4. The van der Waals surface area contributed by atoms with Crippen molar-refractivity contribution in [2.45, 2.75) is 155 Å². The molecular weight excluding hydrogens is 605 g/mol. The predicted octanol–water partition coefficient (Wildman–Crippen LogP) is 0.709. The molecule has 1 atom stereocenters. The van der Waals surface area contributed by atoms with E-state index in [0.717, 1.165) is 38.0 Å². The predicted molar refractivity (Wildman–Crippen MR) is 175 cm³/mol. The number of epoxide rings is 2. The summed E-state index contributed by atoms with van der Waals surface area (Å²) in [6.45, 7) is 12.7. The van der Waals surface area contributed by atoms with Crippen molar-refractivity contribution in [2.24, 2.45) is 0 Å². The molecular formula is C38H62KNa2O4+. The number of para-hydroxylation sites is 1. The number of benzene rings is 2. The molecule has 0 bridgehead atoms. The summed E-state index contributed by atoms with van der Waals surface area (Å²) in [5, 5.41) is 22.5. The second-order valence-corrected chi connectivity index (χ2v) is 12.4. The van der Waals surface area contributed by atoms with E-state index in [1.54, 1.807) is 18.2 Å². The zero-order valence-corrected chi connectivity index (χ0v) is 37.9. The topological polar surface area (TPSA) is 71.2 Å². The molecule has 0 radical (unpaired) electrons. The number of hydrogen-bond donors (Lipinski definition) is 0. The van der Waals surface area contributed by atoms with Gasteiger partial charge in [-0.3, -0.25) is 0 Å². The maximum absolute atomic E-state index is 11.4. The van der Waals surface area contributed by atoms with Gasteiger partial charge in [0.25, 0.3) is 0 Å². The quantitative estimate of drug-likeness (QED) is 0.142. The van der Waals surface area contributed by atoms with Crippen LogP contribution in [0.1, 0.15) is 142 Å². The second-order valence-electron chi connectivity index (χ2n) is 12.4. The molecule has 240 valence electrons. The van der Waals surface area contributed by atoms with Crippen LogP contribution in [0.15, 0.2) is 48.5 Å². The van der Waals surface area contributed by atoms with Gasteiger partial charge >= 0.3 is 110 Å². The van der Waals surface area contributed by atoms with Crippen molar-refractivity contribution in [1.29, 1.82) is 0 Å². The van der Waals surface area contributed by atoms with Crippen LogP contribution in [0.3, 0.4) is 0 Å². The zero-order valence-electron chi connectivity index (χ0n) is 30.8. The standard InChI is InChI=1S/2C15H24O.2C4H8O.K.2Na/c1-2-3-4-5-6-7-8-11-14-12-9-10-13-15(14)16;1-2-3-4-5-6-7-8-10-14-11-9-12-15(16)13-14;1-4(2)3-5-4;1-2-4-3-5-4;;;/h9-10,12-13,16H,2-8,11H2,1H3;9,11-13,16H,2-8,10H2,1H3;3H2,1-2H3;4H,2-3H2,1H3;;;/q;;;;3*+1/p-2. The number of unbranched alkanes of at least 4 members (excludes halogenated alkanes) is 12. The van der Waals surface area contributed by atoms with Gasteiger partial charge in [-0.25, -0.2) is 0 Å². The summed E-state index contributed by atoms with van der Waals surface area (Å²) >= 11 is 0. The van der Waals surface area contributed by atoms with Crippen LogP contribution in [0.25, 0.3) is 0 Å². The summed E-state index contributed by atoms with van der Waals surface area (Å²) in [5.41, 5.74) is 2.43. The van der Waals surface area contributed by atoms with E-state index in [1.165, 1.54) is 95.5 Å². The van der Waals surface area contributed by atoms with Gasteiger partial charge in [-0.15, -0.1) is 11.5 Å². The Labute approximate surface area is 365 Å². The van der Waals surface area contributed by atoms with E-state index in [9.17, 15) is 10.2 Å². The van der Waals surface area contributed by atoms with Gasteiger partial charge in [0, 0.05) is 0 Å². The Morgan fingerprint density at radius 2 is 1.16 bits per heavy atom. The smallest absolute Gasteiger partial charge is 0.872 e. The molecule has 0 aliphatic carbocycles. The van der Waals surface area contributed by atoms with E-state index in [-0.39, 0.29) is 128 Å². The van der Waals surface area contributed by atoms with Crippen LogP contribution in [0.5, 0.6) is 11.5 Å². The van der Waals surface area contributed by atoms with Gasteiger partial charge in [0.05, 0.1) is 24.9 Å². The summed E-state index contributed by atoms with van der Waals surface area (Å²) < 4.78 is 9.75. The van der Waals surface area contributed by atoms with E-state index in [4.69, 9.17) is 9.47 Å². The Balaban J connectivity index is -0.000000568. The monoisotopic (exact) mass is 667 g/mol. The minimum Gasteiger partial charge on any atom is -0.872 e. The van der Waals surface area contributed by atoms with Crippen LogP contribution in [-0.4, -0.2) is 24.9 Å². The molecule has 2 fully saturated rings. The first-order chi connectivity index (χ1) is 20.3. The molecule has 4 nitrogen and oxygen atoms in total. The summed E-state index contributed by atoms with van der Waals surface area (Å²) in [6, 6.07) is 14.7. The Morgan fingerprint density at radius 1 is 0.689 bits per heavy atom. The van der Waals surface area contributed by atoms with E-state index < -0.39 is 0 Å². The molecule has 0 spiro atoms. The van der Waals surface area contributed by atoms with Crippen molar-refractivity contribution < 1.29 is 130 Å². The van der Waals surface area contributed by atoms with Crippen molar-refractivity contribution in [2.75, 3.05) is 13.2 Å². The molecule has 0 aromatic heterocycles. The first-order valence-electron chi connectivity index (χ1n) is 17.1. The van der Waals surface area contributed by atoms with Gasteiger partial charge < -0.3 is 19.7 Å². The fourth-order valence-corrected chi connectivity index (χ4v) is 4.42. The van der Waals surface area contributed by atoms with Crippen LogP contribution in [0.4, 0.5) is 0 Å². The maximum Gasteiger partial charge on any atom is 1.00 e. The molecule has 2 aromatic rings. The molecule has 2 heterocycles. The van der Waals surface area contributed by atoms with Crippen LogP contribution < -0.4 is 121 Å². The van der Waals surface area contributed by atoms with E-state index in [0.29, 0.717) is 6.10 Å². The Bertz CT molecular complexity index is 903. The van der Waals surface area contributed by atoms with Crippen molar-refractivity contribution >= 4 is 0 Å². The molecule has 7 heteroatoms. The van der Waals surface area contributed by atoms with Crippen LogP contribution in [-0.2, 0) is 22.3 Å². The average molecular weight is 668 g/mol. The first kappa shape index (κ1) is 51.0. The van der Waals surface area contributed by atoms with E-state index in [2.05, 4.69) is 40.7 Å². The molecule has 4 rings (SSSR count). The summed E-state index contributed by atoms with van der Waals surface area (Å²) in [6.07, 6.45) is 22.3. The number of ether oxygens (including phenoxy) is 2. The van der Waals surface area contributed by atoms with Gasteiger partial charge in [0.2, 0.25) is 0 Å². The molecule has 0 amide bonds. The minimum absolute atomic E-state index is 0. The van der Waals surface area contributed by atoms with Gasteiger partial charge in [-0.2, -0.15) is 0 Å². The Morgan fingerprint density at radius 3 is 1.56 bits per heavy atom. The molecule has 2 aliphatic heterocycles. The summed E-state index contributed by atoms with van der Waals surface area (Å²) in [5.74, 6) is 0.342. The second kappa shape index (κ2) is 34.1. The minimum atomic E-state index is 0. The zero-order chi connectivity index (χ0) is 30.9. The van der Waals surface area contributed by atoms with E-state index >= 15 is 0 Å². The molecule has 2 aromatic carbocycles. The number of aryl methyl sites for hydroxylation is 2. The van der Waals surface area contributed by atoms with Crippen LogP contribution in [0.2, 0.25) is 0 Å². The normalized spacial score (nSPS) is 14.6. The largest absolute Gasteiger partial charge is 1.00 e. The van der Waals surface area contributed by atoms with Crippen molar-refractivity contribution in [1.82, 2.24) is 0 Å². The molecule has 1 unspecified atom stereocenters. The summed E-state index contributed by atoms with van der Waals surface area (Å²) in [7, 11) is 0. The number of rotatable bonds is 17. The van der Waals surface area contributed by atoms with Crippen molar-refractivity contribution in [3.63, 3.8) is 0 Å². The van der Waals surface area contributed by atoms with Gasteiger partial charge in [-0.1, -0.05) is 152 Å². The van der Waals surface area contributed by atoms with Gasteiger partial charge in [-0.05, 0) is 51.5 Å². The molecule has 0 saturated carbocycles. The molecule has 45 heavy (non-hydrogen) atoms. The van der Waals surface area contributed by atoms with Gasteiger partial charge in [0.15, 0.2) is 0 Å². The maximum atomic E-state index is 11.4. The van der Waals surface area contributed by atoms with Crippen molar-refractivity contribution in [3.8, 4) is 11.5 Å². The third-order valence-corrected chi connectivity index (χ3v) is 7.57. The molecule has 0 N–H and O–H groups in total. The van der Waals surface area contributed by atoms with Crippen LogP contribution in [0, 0.1) is 0 Å². The molecule has 2 saturated heterocycles. The Hall–Kier alpha value is 1.60. The third-order valence-electron chi connectivity index (χ3n) is 7.57. The first-order valence-corrected chi connectivity index (χ1v) is 17.1. The van der Waals surface area contributed by atoms with Crippen molar-refractivity contribution in [3.05, 3.63) is 59.7 Å². The molecule has 2 aliphatic rings. The Kier molecular flexibility index (Phi) is 38.6. The van der Waals surface area contributed by atoms with E-state index in [1.807, 2.05) is 24.3 Å². The summed E-state index contributed by atoms with van der Waals surface area (Å²) in [4.78, 5) is 0. The average Bonchev–Trinajstić information content (AvgIpc) is 3.92. The van der Waals surface area contributed by atoms with Gasteiger partial charge in [0.1, 0.15) is 0 Å². The third kappa shape index (κ3) is 33.9. The SMILES string of the molecule is CC1(C)CO1.CCC1CO1.CCCCCCCCCc1cccc([O-])c1.CCCCCCCCCc1ccccc1[O-].[K+].[Na+].[Na+].